The Balaban J connectivity index is 2.30. The molecule has 0 atom stereocenters. The highest BCUT2D eigenvalue weighted by Crippen LogP contribution is 2.27. The number of ether oxygens (including phenoxy) is 1. The van der Waals surface area contributed by atoms with E-state index in [0.717, 1.165) is 18.2 Å². The molecule has 0 bridgehead atoms. The van der Waals surface area contributed by atoms with Crippen LogP contribution in [0.3, 0.4) is 0 Å². The lowest BCUT2D eigenvalue weighted by atomic mass is 10.3. The van der Waals surface area contributed by atoms with Crippen LogP contribution in [0.5, 0.6) is 11.6 Å². The average Bonchev–Trinajstić information content (AvgIpc) is 2.40. The first-order valence-electron chi connectivity index (χ1n) is 5.30. The van der Waals surface area contributed by atoms with Gasteiger partial charge in [0, 0.05) is 12.1 Å². The molecule has 1 heterocycles. The smallest absolute Gasteiger partial charge is 0.272 e. The molecule has 2 aromatic rings. The third kappa shape index (κ3) is 3.12. The lowest BCUT2D eigenvalue weighted by Gasteiger charge is -2.07. The summed E-state index contributed by atoms with van der Waals surface area (Å²) < 4.78 is 18.9. The monoisotopic (exact) mass is 296 g/mol. The van der Waals surface area contributed by atoms with Gasteiger partial charge in [0.05, 0.1) is 11.0 Å². The lowest BCUT2D eigenvalue weighted by Crippen LogP contribution is -1.98. The topological polar surface area (TPSA) is 104 Å². The molecule has 2 rings (SSSR count). The van der Waals surface area contributed by atoms with Crippen LogP contribution in [-0.4, -0.2) is 21.1 Å². The standard InChI is InChI=1S/C11H9FN4O3S/c1-20-11-14-9(13)5-10(15-11)19-8-3-2-6(16(17)18)4-7(8)12/h2-5H,1H3,(H2,13,14,15). The Labute approximate surface area is 117 Å². The molecule has 20 heavy (non-hydrogen) atoms. The van der Waals surface area contributed by atoms with Crippen LogP contribution in [0.25, 0.3) is 0 Å². The summed E-state index contributed by atoms with van der Waals surface area (Å²) in [7, 11) is 0. The number of benzene rings is 1. The molecule has 0 unspecified atom stereocenters. The summed E-state index contributed by atoms with van der Waals surface area (Å²) in [5.74, 6) is -0.792. The molecule has 104 valence electrons. The number of nitrogens with two attached hydrogens (primary N) is 1. The number of nitrogens with zero attached hydrogens (tertiary/aromatic N) is 3. The van der Waals surface area contributed by atoms with Gasteiger partial charge in [-0.15, -0.1) is 0 Å². The number of nitrogen functional groups attached to an aromatic ring is 1. The van der Waals surface area contributed by atoms with Crippen molar-refractivity contribution < 1.29 is 14.1 Å². The molecule has 0 aliphatic heterocycles. The molecule has 0 spiro atoms. The van der Waals surface area contributed by atoms with E-state index in [0.29, 0.717) is 5.16 Å². The molecule has 0 saturated heterocycles. The maximum absolute atomic E-state index is 13.7. The Bertz CT molecular complexity index is 668. The lowest BCUT2D eigenvalue weighted by molar-refractivity contribution is -0.385. The number of hydrogen-bond donors (Lipinski definition) is 1. The Morgan fingerprint density at radius 3 is 2.75 bits per heavy atom. The second-order valence-electron chi connectivity index (χ2n) is 3.59. The Morgan fingerprint density at radius 2 is 2.15 bits per heavy atom. The van der Waals surface area contributed by atoms with Gasteiger partial charge in [-0.3, -0.25) is 10.1 Å². The fourth-order valence-electron chi connectivity index (χ4n) is 1.36. The van der Waals surface area contributed by atoms with Crippen molar-refractivity contribution in [3.8, 4) is 11.6 Å². The van der Waals surface area contributed by atoms with Gasteiger partial charge in [-0.25, -0.2) is 9.37 Å². The van der Waals surface area contributed by atoms with Gasteiger partial charge >= 0.3 is 0 Å². The first-order chi connectivity index (χ1) is 9.49. The molecule has 1 aromatic carbocycles. The second-order valence-corrected chi connectivity index (χ2v) is 4.37. The van der Waals surface area contributed by atoms with E-state index in [1.54, 1.807) is 6.26 Å². The molecule has 2 N–H and O–H groups in total. The summed E-state index contributed by atoms with van der Waals surface area (Å²) in [5, 5.41) is 10.9. The van der Waals surface area contributed by atoms with Crippen molar-refractivity contribution in [2.75, 3.05) is 12.0 Å². The van der Waals surface area contributed by atoms with Crippen molar-refractivity contribution in [3.05, 3.63) is 40.2 Å². The molecule has 9 heteroatoms. The van der Waals surface area contributed by atoms with Gasteiger partial charge < -0.3 is 10.5 Å². The van der Waals surface area contributed by atoms with E-state index in [-0.39, 0.29) is 23.1 Å². The number of hydrogen-bond acceptors (Lipinski definition) is 7. The molecular weight excluding hydrogens is 287 g/mol. The number of nitro groups is 1. The fourth-order valence-corrected chi connectivity index (χ4v) is 1.74. The minimum Gasteiger partial charge on any atom is -0.436 e. The third-order valence-electron chi connectivity index (χ3n) is 2.23. The molecule has 0 radical (unpaired) electrons. The van der Waals surface area contributed by atoms with Crippen molar-refractivity contribution in [2.24, 2.45) is 0 Å². The van der Waals surface area contributed by atoms with E-state index in [1.807, 2.05) is 0 Å². The zero-order valence-electron chi connectivity index (χ0n) is 10.2. The molecule has 0 amide bonds. The summed E-state index contributed by atoms with van der Waals surface area (Å²) in [5.41, 5.74) is 5.20. The Hall–Kier alpha value is -2.42. The van der Waals surface area contributed by atoms with Gasteiger partial charge in [-0.05, 0) is 12.3 Å². The third-order valence-corrected chi connectivity index (χ3v) is 2.77. The van der Waals surface area contributed by atoms with Gasteiger partial charge in [0.15, 0.2) is 16.7 Å². The highest BCUT2D eigenvalue weighted by atomic mass is 32.2. The highest BCUT2D eigenvalue weighted by Gasteiger charge is 2.13. The van der Waals surface area contributed by atoms with E-state index < -0.39 is 10.7 Å². The predicted octanol–water partition coefficient (Wildman–Crippen LogP) is 2.62. The SMILES string of the molecule is CSc1nc(N)cc(Oc2ccc([N+](=O)[O-])cc2F)n1. The second kappa shape index (κ2) is 5.70. The van der Waals surface area contributed by atoms with Crippen LogP contribution in [0.15, 0.2) is 29.4 Å². The first-order valence-corrected chi connectivity index (χ1v) is 6.52. The van der Waals surface area contributed by atoms with E-state index in [2.05, 4.69) is 9.97 Å². The fraction of sp³-hybridized carbons (Fsp3) is 0.0909. The predicted molar refractivity (Wildman–Crippen MR) is 71.4 cm³/mol. The van der Waals surface area contributed by atoms with Crippen molar-refractivity contribution in [2.45, 2.75) is 5.16 Å². The van der Waals surface area contributed by atoms with Crippen LogP contribution >= 0.6 is 11.8 Å². The number of rotatable bonds is 4. The zero-order valence-corrected chi connectivity index (χ0v) is 11.1. The van der Waals surface area contributed by atoms with Crippen molar-refractivity contribution in [3.63, 3.8) is 0 Å². The Morgan fingerprint density at radius 1 is 1.40 bits per heavy atom. The normalized spacial score (nSPS) is 10.3. The number of halogens is 1. The summed E-state index contributed by atoms with van der Waals surface area (Å²) in [6.07, 6.45) is 1.75. The van der Waals surface area contributed by atoms with Crippen molar-refractivity contribution in [1.29, 1.82) is 0 Å². The first kappa shape index (κ1) is 14.0. The summed E-state index contributed by atoms with van der Waals surface area (Å²) in [4.78, 5) is 17.7. The minimum atomic E-state index is -0.859. The van der Waals surface area contributed by atoms with Crippen LogP contribution in [0.2, 0.25) is 0 Å². The van der Waals surface area contributed by atoms with E-state index in [1.165, 1.54) is 17.8 Å². The minimum absolute atomic E-state index is 0.0644. The van der Waals surface area contributed by atoms with Crippen molar-refractivity contribution >= 4 is 23.3 Å². The maximum atomic E-state index is 13.7. The van der Waals surface area contributed by atoms with Gasteiger partial charge in [-0.2, -0.15) is 4.98 Å². The summed E-state index contributed by atoms with van der Waals surface area (Å²) in [6, 6.07) is 4.40. The van der Waals surface area contributed by atoms with Gasteiger partial charge in [-0.1, -0.05) is 11.8 Å². The van der Waals surface area contributed by atoms with Crippen molar-refractivity contribution in [1.82, 2.24) is 9.97 Å². The van der Waals surface area contributed by atoms with Gasteiger partial charge in [0.25, 0.3) is 5.69 Å². The number of aromatic nitrogens is 2. The molecule has 0 aliphatic rings. The average molecular weight is 296 g/mol. The van der Waals surface area contributed by atoms with Crippen LogP contribution in [0.4, 0.5) is 15.9 Å². The summed E-state index contributed by atoms with van der Waals surface area (Å²) in [6.45, 7) is 0. The maximum Gasteiger partial charge on any atom is 0.272 e. The van der Waals surface area contributed by atoms with E-state index in [4.69, 9.17) is 10.5 Å². The van der Waals surface area contributed by atoms with Crippen LogP contribution in [0.1, 0.15) is 0 Å². The number of nitro benzene ring substituents is 1. The largest absolute Gasteiger partial charge is 0.436 e. The number of non-ortho nitro benzene ring substituents is 1. The zero-order chi connectivity index (χ0) is 14.7. The number of anilines is 1. The van der Waals surface area contributed by atoms with E-state index in [9.17, 15) is 14.5 Å². The Kier molecular flexibility index (Phi) is 3.99. The molecule has 0 aliphatic carbocycles. The highest BCUT2D eigenvalue weighted by molar-refractivity contribution is 7.98. The van der Waals surface area contributed by atoms with E-state index >= 15 is 0 Å². The molecule has 1 aromatic heterocycles. The van der Waals surface area contributed by atoms with Crippen LogP contribution in [0, 0.1) is 15.9 Å². The molecule has 0 fully saturated rings. The summed E-state index contributed by atoms with van der Waals surface area (Å²) >= 11 is 1.25. The van der Waals surface area contributed by atoms with Gasteiger partial charge in [0.2, 0.25) is 5.88 Å². The number of thioether (sulfide) groups is 1. The molecule has 0 saturated carbocycles. The van der Waals surface area contributed by atoms with Crippen LogP contribution < -0.4 is 10.5 Å². The van der Waals surface area contributed by atoms with Gasteiger partial charge in [0.1, 0.15) is 5.82 Å². The van der Waals surface area contributed by atoms with Crippen LogP contribution in [-0.2, 0) is 0 Å². The molecule has 7 nitrogen and oxygen atoms in total. The quantitative estimate of drug-likeness (QED) is 0.400. The molecular formula is C11H9FN4O3S.